The van der Waals surface area contributed by atoms with Crippen LogP contribution in [0.5, 0.6) is 0 Å². The molecule has 0 heterocycles. The fraction of sp³-hybridized carbons (Fsp3) is 0.455. The van der Waals surface area contributed by atoms with Crippen molar-refractivity contribution >= 4 is 11.9 Å². The van der Waals surface area contributed by atoms with E-state index in [2.05, 4.69) is 18.5 Å². The first-order valence-electron chi connectivity index (χ1n) is 4.81. The normalized spacial score (nSPS) is 9.13. The van der Waals surface area contributed by atoms with Gasteiger partial charge in [-0.15, -0.1) is 0 Å². The third kappa shape index (κ3) is 7.49. The van der Waals surface area contributed by atoms with Crippen LogP contribution in [0.3, 0.4) is 0 Å². The highest BCUT2D eigenvalue weighted by molar-refractivity contribution is 5.91. The molecule has 4 heteroatoms. The van der Waals surface area contributed by atoms with Gasteiger partial charge >= 0.3 is 5.97 Å². The van der Waals surface area contributed by atoms with E-state index in [1.807, 2.05) is 0 Å². The molecule has 0 bridgehead atoms. The predicted octanol–water partition coefficient (Wildman–Crippen LogP) is 1.19. The largest absolute Gasteiger partial charge is 0.463 e. The Morgan fingerprint density at radius 3 is 2.60 bits per heavy atom. The lowest BCUT2D eigenvalue weighted by molar-refractivity contribution is -0.137. The van der Waals surface area contributed by atoms with Gasteiger partial charge in [0.15, 0.2) is 0 Å². The Kier molecular flexibility index (Phi) is 6.97. The molecule has 4 nitrogen and oxygen atoms in total. The molecule has 0 spiro atoms. The van der Waals surface area contributed by atoms with Crippen LogP contribution < -0.4 is 5.32 Å². The van der Waals surface area contributed by atoms with Crippen molar-refractivity contribution in [2.45, 2.75) is 19.8 Å². The minimum Gasteiger partial charge on any atom is -0.463 e. The van der Waals surface area contributed by atoms with Gasteiger partial charge in [-0.05, 0) is 19.8 Å². The third-order valence-electron chi connectivity index (χ3n) is 1.66. The van der Waals surface area contributed by atoms with E-state index in [1.54, 1.807) is 6.92 Å². The van der Waals surface area contributed by atoms with Crippen LogP contribution in [0.1, 0.15) is 19.8 Å². The second-order valence-electron chi connectivity index (χ2n) is 3.11. The summed E-state index contributed by atoms with van der Waals surface area (Å²) >= 11 is 0. The molecular formula is C11H17NO3. The topological polar surface area (TPSA) is 55.4 Å². The molecule has 0 aromatic heterocycles. The van der Waals surface area contributed by atoms with E-state index in [0.717, 1.165) is 18.9 Å². The van der Waals surface area contributed by atoms with Gasteiger partial charge in [0.25, 0.3) is 0 Å². The maximum absolute atomic E-state index is 11.0. The van der Waals surface area contributed by atoms with Gasteiger partial charge < -0.3 is 10.1 Å². The number of nitrogens with one attached hydrogen (secondary N) is 1. The Morgan fingerprint density at radius 1 is 1.40 bits per heavy atom. The van der Waals surface area contributed by atoms with Crippen molar-refractivity contribution in [2.24, 2.45) is 0 Å². The van der Waals surface area contributed by atoms with Gasteiger partial charge in [0, 0.05) is 18.2 Å². The monoisotopic (exact) mass is 211 g/mol. The smallest absolute Gasteiger partial charge is 0.330 e. The van der Waals surface area contributed by atoms with Crippen LogP contribution in [0.15, 0.2) is 24.8 Å². The van der Waals surface area contributed by atoms with Crippen LogP contribution in [0.4, 0.5) is 0 Å². The number of esters is 1. The summed E-state index contributed by atoms with van der Waals surface area (Å²) in [7, 11) is 0. The number of ether oxygens (including phenoxy) is 1. The highest BCUT2D eigenvalue weighted by Gasteiger charge is 1.99. The van der Waals surface area contributed by atoms with Crippen LogP contribution in [-0.2, 0) is 14.3 Å². The van der Waals surface area contributed by atoms with E-state index < -0.39 is 5.97 Å². The summed E-state index contributed by atoms with van der Waals surface area (Å²) in [6.07, 6.45) is 2.61. The van der Waals surface area contributed by atoms with Crippen LogP contribution in [0.25, 0.3) is 0 Å². The highest BCUT2D eigenvalue weighted by Crippen LogP contribution is 1.91. The molecule has 0 aromatic carbocycles. The van der Waals surface area contributed by atoms with Crippen molar-refractivity contribution < 1.29 is 14.3 Å². The van der Waals surface area contributed by atoms with Crippen molar-refractivity contribution in [1.29, 1.82) is 0 Å². The van der Waals surface area contributed by atoms with Gasteiger partial charge in [-0.3, -0.25) is 4.79 Å². The Bertz CT molecular complexity index is 259. The molecule has 0 aliphatic rings. The lowest BCUT2D eigenvalue weighted by atomic mass is 10.3. The fourth-order valence-electron chi connectivity index (χ4n) is 0.812. The van der Waals surface area contributed by atoms with Crippen molar-refractivity contribution in [1.82, 2.24) is 5.32 Å². The van der Waals surface area contributed by atoms with Crippen LogP contribution in [0.2, 0.25) is 0 Å². The zero-order valence-electron chi connectivity index (χ0n) is 9.04. The van der Waals surface area contributed by atoms with Gasteiger partial charge in [-0.2, -0.15) is 0 Å². The van der Waals surface area contributed by atoms with Gasteiger partial charge in [-0.25, -0.2) is 4.79 Å². The van der Waals surface area contributed by atoms with E-state index in [-0.39, 0.29) is 5.91 Å². The first-order valence-corrected chi connectivity index (χ1v) is 4.81. The van der Waals surface area contributed by atoms with Gasteiger partial charge in [0.1, 0.15) is 0 Å². The Hall–Kier alpha value is -1.58. The molecule has 0 atom stereocenters. The molecule has 0 aliphatic heterocycles. The highest BCUT2D eigenvalue weighted by atomic mass is 16.5. The SMILES string of the molecule is C=CC(=O)OCCCCNC(=O)C(=C)C. The summed E-state index contributed by atoms with van der Waals surface area (Å²) in [4.78, 5) is 21.6. The van der Waals surface area contributed by atoms with Crippen molar-refractivity contribution in [3.8, 4) is 0 Å². The lowest BCUT2D eigenvalue weighted by Crippen LogP contribution is -2.24. The quantitative estimate of drug-likeness (QED) is 0.391. The second-order valence-corrected chi connectivity index (χ2v) is 3.11. The van der Waals surface area contributed by atoms with E-state index >= 15 is 0 Å². The zero-order chi connectivity index (χ0) is 11.7. The number of amides is 1. The second kappa shape index (κ2) is 7.79. The van der Waals surface area contributed by atoms with Crippen LogP contribution in [0, 0.1) is 0 Å². The molecule has 1 N–H and O–H groups in total. The number of carbonyl (C=O) groups excluding carboxylic acids is 2. The molecule has 0 rings (SSSR count). The molecule has 0 fully saturated rings. The summed E-state index contributed by atoms with van der Waals surface area (Å²) in [5.74, 6) is -0.556. The van der Waals surface area contributed by atoms with E-state index in [0.29, 0.717) is 18.7 Å². The number of rotatable bonds is 7. The Balaban J connectivity index is 3.32. The predicted molar refractivity (Wildman–Crippen MR) is 58.2 cm³/mol. The summed E-state index contributed by atoms with van der Waals surface area (Å²) in [6.45, 7) is 9.36. The maximum Gasteiger partial charge on any atom is 0.330 e. The fourth-order valence-corrected chi connectivity index (χ4v) is 0.812. The molecule has 15 heavy (non-hydrogen) atoms. The minimum absolute atomic E-state index is 0.141. The van der Waals surface area contributed by atoms with Crippen molar-refractivity contribution in [3.63, 3.8) is 0 Å². The number of hydrogen-bond donors (Lipinski definition) is 1. The summed E-state index contributed by atoms with van der Waals surface area (Å²) in [5.41, 5.74) is 0.494. The molecule has 0 saturated heterocycles. The van der Waals surface area contributed by atoms with Gasteiger partial charge in [-0.1, -0.05) is 13.2 Å². The van der Waals surface area contributed by atoms with Crippen LogP contribution in [-0.4, -0.2) is 25.0 Å². The molecule has 0 unspecified atom stereocenters. The summed E-state index contributed by atoms with van der Waals surface area (Å²) in [5, 5.41) is 2.69. The standard InChI is InChI=1S/C11H17NO3/c1-4-10(13)15-8-6-5-7-12-11(14)9(2)3/h4H,1-2,5-8H2,3H3,(H,12,14). The lowest BCUT2D eigenvalue weighted by Gasteiger charge is -2.04. The van der Waals surface area contributed by atoms with Crippen molar-refractivity contribution in [2.75, 3.05) is 13.2 Å². The average Bonchev–Trinajstić information content (AvgIpc) is 2.22. The third-order valence-corrected chi connectivity index (χ3v) is 1.66. The molecule has 0 saturated carbocycles. The van der Waals surface area contributed by atoms with E-state index in [1.165, 1.54) is 0 Å². The Labute approximate surface area is 90.0 Å². The van der Waals surface area contributed by atoms with E-state index in [9.17, 15) is 9.59 Å². The number of carbonyl (C=O) groups is 2. The molecule has 0 aliphatic carbocycles. The maximum atomic E-state index is 11.0. The zero-order valence-corrected chi connectivity index (χ0v) is 9.04. The minimum atomic E-state index is -0.416. The molecule has 0 radical (unpaired) electrons. The molecule has 0 aromatic rings. The summed E-state index contributed by atoms with van der Waals surface area (Å²) < 4.78 is 4.76. The number of unbranched alkanes of at least 4 members (excludes halogenated alkanes) is 1. The molecule has 1 amide bonds. The Morgan fingerprint density at radius 2 is 2.07 bits per heavy atom. The average molecular weight is 211 g/mol. The molecular weight excluding hydrogens is 194 g/mol. The number of hydrogen-bond acceptors (Lipinski definition) is 3. The van der Waals surface area contributed by atoms with E-state index in [4.69, 9.17) is 4.74 Å². The first-order chi connectivity index (χ1) is 7.07. The van der Waals surface area contributed by atoms with Crippen LogP contribution >= 0.6 is 0 Å². The van der Waals surface area contributed by atoms with Gasteiger partial charge in [0.2, 0.25) is 5.91 Å². The molecule has 84 valence electrons. The summed E-state index contributed by atoms with van der Waals surface area (Å²) in [6, 6.07) is 0. The van der Waals surface area contributed by atoms with Gasteiger partial charge in [0.05, 0.1) is 6.61 Å². The van der Waals surface area contributed by atoms with Crippen molar-refractivity contribution in [3.05, 3.63) is 24.8 Å². The first kappa shape index (κ1) is 13.4.